The number of benzene rings is 1. The Balaban J connectivity index is 1.95. The number of anilines is 1. The topological polar surface area (TPSA) is 55.6 Å². The third-order valence-electron chi connectivity index (χ3n) is 3.34. The van der Waals surface area contributed by atoms with Crippen molar-refractivity contribution >= 4 is 18.1 Å². The van der Waals surface area contributed by atoms with Gasteiger partial charge in [0.05, 0.1) is 23.4 Å². The van der Waals surface area contributed by atoms with Gasteiger partial charge in [-0.25, -0.2) is 15.0 Å². The van der Waals surface area contributed by atoms with Gasteiger partial charge >= 0.3 is 0 Å². The molecule has 110 valence electrons. The Morgan fingerprint density at radius 1 is 1.05 bits per heavy atom. The Morgan fingerprint density at radius 2 is 1.86 bits per heavy atom. The molecule has 2 heterocycles. The van der Waals surface area contributed by atoms with Crippen molar-refractivity contribution in [2.45, 2.75) is 0 Å². The number of imidazole rings is 1. The Bertz CT molecular complexity index is 790. The smallest absolute Gasteiger partial charge is 0.222 e. The number of nitrogens with one attached hydrogen (secondary N) is 1. The second-order valence-corrected chi connectivity index (χ2v) is 4.84. The second kappa shape index (κ2) is 6.22. The van der Waals surface area contributed by atoms with E-state index in [0.29, 0.717) is 5.95 Å². The van der Waals surface area contributed by atoms with Crippen LogP contribution in [-0.2, 0) is 7.05 Å². The highest BCUT2D eigenvalue weighted by Crippen LogP contribution is 2.23. The van der Waals surface area contributed by atoms with Crippen LogP contribution in [0.5, 0.6) is 0 Å². The highest BCUT2D eigenvalue weighted by atomic mass is 15.1. The lowest BCUT2D eigenvalue weighted by Crippen LogP contribution is -1.96. The van der Waals surface area contributed by atoms with E-state index in [9.17, 15) is 0 Å². The first-order valence-corrected chi connectivity index (χ1v) is 7.03. The molecule has 0 saturated carbocycles. The van der Waals surface area contributed by atoms with E-state index < -0.39 is 0 Å². The van der Waals surface area contributed by atoms with Crippen LogP contribution in [0.25, 0.3) is 23.4 Å². The number of hydrogen-bond donors (Lipinski definition) is 1. The predicted octanol–water partition coefficient (Wildman–Crippen LogP) is 3.09. The van der Waals surface area contributed by atoms with Crippen LogP contribution in [0.15, 0.2) is 48.9 Å². The first-order valence-electron chi connectivity index (χ1n) is 7.03. The van der Waals surface area contributed by atoms with Crippen LogP contribution in [0.2, 0.25) is 0 Å². The Morgan fingerprint density at radius 3 is 2.64 bits per heavy atom. The van der Waals surface area contributed by atoms with E-state index in [-0.39, 0.29) is 0 Å². The summed E-state index contributed by atoms with van der Waals surface area (Å²) in [6, 6.07) is 12.0. The van der Waals surface area contributed by atoms with E-state index in [1.165, 1.54) is 0 Å². The van der Waals surface area contributed by atoms with E-state index in [0.717, 1.165) is 22.6 Å². The Hall–Kier alpha value is -2.95. The van der Waals surface area contributed by atoms with Gasteiger partial charge in [-0.05, 0) is 18.2 Å². The van der Waals surface area contributed by atoms with Gasteiger partial charge < -0.3 is 9.88 Å². The van der Waals surface area contributed by atoms with E-state index in [1.807, 2.05) is 54.4 Å². The van der Waals surface area contributed by atoms with Crippen LogP contribution in [-0.4, -0.2) is 26.6 Å². The molecular weight excluding hydrogens is 274 g/mol. The predicted molar refractivity (Wildman–Crippen MR) is 89.2 cm³/mol. The zero-order chi connectivity index (χ0) is 15.4. The van der Waals surface area contributed by atoms with Crippen LogP contribution in [0.1, 0.15) is 11.4 Å². The van der Waals surface area contributed by atoms with Crippen molar-refractivity contribution in [3.63, 3.8) is 0 Å². The van der Waals surface area contributed by atoms with Crippen LogP contribution < -0.4 is 5.32 Å². The Kier molecular flexibility index (Phi) is 3.96. The van der Waals surface area contributed by atoms with Gasteiger partial charge in [0.25, 0.3) is 0 Å². The fourth-order valence-corrected chi connectivity index (χ4v) is 2.20. The lowest BCUT2D eigenvalue weighted by molar-refractivity contribution is 0.903. The van der Waals surface area contributed by atoms with Gasteiger partial charge in [-0.15, -0.1) is 0 Å². The molecule has 0 aliphatic heterocycles. The standard InChI is InChI=1S/C17H17N5/c1-18-17-19-11-10-14(21-17)8-9-15-16(20-12-22(15)2)13-6-4-3-5-7-13/h3-12H,1-2H3,(H,18,19,21)/b9-8+. The highest BCUT2D eigenvalue weighted by Gasteiger charge is 2.08. The van der Waals surface area contributed by atoms with Crippen molar-refractivity contribution < 1.29 is 0 Å². The first-order chi connectivity index (χ1) is 10.8. The minimum Gasteiger partial charge on any atom is -0.357 e. The van der Waals surface area contributed by atoms with Gasteiger partial charge in [0.2, 0.25) is 5.95 Å². The molecule has 0 aliphatic carbocycles. The molecule has 0 aliphatic rings. The van der Waals surface area contributed by atoms with Crippen molar-refractivity contribution in [3.8, 4) is 11.3 Å². The van der Waals surface area contributed by atoms with Crippen LogP contribution in [0.4, 0.5) is 5.95 Å². The minimum atomic E-state index is 0.607. The molecular formula is C17H17N5. The maximum atomic E-state index is 4.50. The summed E-state index contributed by atoms with van der Waals surface area (Å²) < 4.78 is 2.00. The maximum Gasteiger partial charge on any atom is 0.222 e. The molecule has 0 amide bonds. The zero-order valence-corrected chi connectivity index (χ0v) is 12.6. The number of nitrogens with zero attached hydrogens (tertiary/aromatic N) is 4. The molecule has 0 atom stereocenters. The molecule has 0 radical (unpaired) electrons. The van der Waals surface area contributed by atoms with Gasteiger partial charge in [-0.3, -0.25) is 0 Å². The van der Waals surface area contributed by atoms with Crippen molar-refractivity contribution in [1.29, 1.82) is 0 Å². The normalized spacial score (nSPS) is 11.0. The van der Waals surface area contributed by atoms with Crippen LogP contribution >= 0.6 is 0 Å². The SMILES string of the molecule is CNc1nccc(/C=C/c2c(-c3ccccc3)ncn2C)n1. The monoisotopic (exact) mass is 291 g/mol. The molecule has 0 saturated heterocycles. The molecule has 2 aromatic heterocycles. The summed E-state index contributed by atoms with van der Waals surface area (Å²) in [6.07, 6.45) is 7.55. The third kappa shape index (κ3) is 2.88. The molecule has 5 nitrogen and oxygen atoms in total. The van der Waals surface area contributed by atoms with Crippen molar-refractivity contribution in [2.24, 2.45) is 7.05 Å². The van der Waals surface area contributed by atoms with E-state index in [4.69, 9.17) is 0 Å². The molecule has 1 N–H and O–H groups in total. The average Bonchev–Trinajstić information content (AvgIpc) is 2.95. The van der Waals surface area contributed by atoms with E-state index in [2.05, 4.69) is 32.4 Å². The zero-order valence-electron chi connectivity index (χ0n) is 12.6. The number of aromatic nitrogens is 4. The summed E-state index contributed by atoms with van der Waals surface area (Å²) in [6.45, 7) is 0. The summed E-state index contributed by atoms with van der Waals surface area (Å²) in [7, 11) is 3.79. The van der Waals surface area contributed by atoms with Crippen molar-refractivity contribution in [2.75, 3.05) is 12.4 Å². The van der Waals surface area contributed by atoms with Gasteiger partial charge in [0.15, 0.2) is 0 Å². The van der Waals surface area contributed by atoms with Crippen LogP contribution in [0, 0.1) is 0 Å². The fraction of sp³-hybridized carbons (Fsp3) is 0.118. The summed E-state index contributed by atoms with van der Waals surface area (Å²) in [5.74, 6) is 0.607. The molecule has 0 spiro atoms. The van der Waals surface area contributed by atoms with Gasteiger partial charge in [-0.1, -0.05) is 30.3 Å². The summed E-state index contributed by atoms with van der Waals surface area (Å²) in [5.41, 5.74) is 3.94. The maximum absolute atomic E-state index is 4.50. The van der Waals surface area contributed by atoms with Crippen molar-refractivity contribution in [3.05, 3.63) is 60.3 Å². The van der Waals surface area contributed by atoms with Gasteiger partial charge in [-0.2, -0.15) is 0 Å². The quantitative estimate of drug-likeness (QED) is 0.802. The molecule has 1 aromatic carbocycles. The lowest BCUT2D eigenvalue weighted by Gasteiger charge is -2.02. The van der Waals surface area contributed by atoms with Gasteiger partial charge in [0, 0.05) is 25.9 Å². The van der Waals surface area contributed by atoms with Gasteiger partial charge in [0.1, 0.15) is 0 Å². The number of rotatable bonds is 4. The molecule has 3 aromatic rings. The first kappa shape index (κ1) is 14.0. The molecule has 0 fully saturated rings. The molecule has 3 rings (SSSR count). The van der Waals surface area contributed by atoms with Crippen LogP contribution in [0.3, 0.4) is 0 Å². The lowest BCUT2D eigenvalue weighted by atomic mass is 10.1. The molecule has 0 unspecified atom stereocenters. The van der Waals surface area contributed by atoms with E-state index >= 15 is 0 Å². The highest BCUT2D eigenvalue weighted by molar-refractivity contribution is 5.76. The summed E-state index contributed by atoms with van der Waals surface area (Å²) in [5, 5.41) is 2.94. The third-order valence-corrected chi connectivity index (χ3v) is 3.34. The molecule has 22 heavy (non-hydrogen) atoms. The number of hydrogen-bond acceptors (Lipinski definition) is 4. The molecule has 0 bridgehead atoms. The number of aryl methyl sites for hydroxylation is 1. The second-order valence-electron chi connectivity index (χ2n) is 4.84. The largest absolute Gasteiger partial charge is 0.357 e. The Labute approximate surface area is 129 Å². The fourth-order valence-electron chi connectivity index (χ4n) is 2.20. The summed E-state index contributed by atoms with van der Waals surface area (Å²) in [4.78, 5) is 13.0. The average molecular weight is 291 g/mol. The summed E-state index contributed by atoms with van der Waals surface area (Å²) >= 11 is 0. The van der Waals surface area contributed by atoms with Crippen molar-refractivity contribution in [1.82, 2.24) is 19.5 Å². The molecule has 5 heteroatoms. The van der Waals surface area contributed by atoms with E-state index in [1.54, 1.807) is 13.2 Å². The minimum absolute atomic E-state index is 0.607.